The number of hydrogen-bond acceptors (Lipinski definition) is 5. The van der Waals surface area contributed by atoms with Crippen LogP contribution in [0.1, 0.15) is 17.0 Å². The van der Waals surface area contributed by atoms with Crippen molar-refractivity contribution >= 4 is 32.5 Å². The van der Waals surface area contributed by atoms with Gasteiger partial charge < -0.3 is 9.63 Å². The van der Waals surface area contributed by atoms with E-state index < -0.39 is 10.0 Å². The van der Waals surface area contributed by atoms with E-state index in [0.29, 0.717) is 27.2 Å². The molecule has 6 nitrogen and oxygen atoms in total. The fraction of sp³-hybridized carbons (Fsp3) is 0.214. The molecule has 0 atom stereocenters. The summed E-state index contributed by atoms with van der Waals surface area (Å²) in [6.07, 6.45) is 1.39. The van der Waals surface area contributed by atoms with E-state index in [-0.39, 0.29) is 17.3 Å². The highest BCUT2D eigenvalue weighted by molar-refractivity contribution is 7.90. The summed E-state index contributed by atoms with van der Waals surface area (Å²) in [4.78, 5) is 0.0313. The van der Waals surface area contributed by atoms with Crippen LogP contribution in [0.2, 0.25) is 5.02 Å². The predicted octanol–water partition coefficient (Wildman–Crippen LogP) is 2.63. The first-order valence-electron chi connectivity index (χ1n) is 6.45. The van der Waals surface area contributed by atoms with E-state index in [4.69, 9.17) is 16.1 Å². The number of fused-ring (bicyclic) bond motifs is 1. The van der Waals surface area contributed by atoms with Crippen LogP contribution in [0.25, 0.3) is 10.9 Å². The minimum absolute atomic E-state index is 0.0313. The highest BCUT2D eigenvalue weighted by Crippen LogP contribution is 2.30. The molecule has 116 valence electrons. The van der Waals surface area contributed by atoms with Crippen molar-refractivity contribution in [3.05, 3.63) is 46.4 Å². The average Bonchev–Trinajstić information content (AvgIpc) is 2.99. The Morgan fingerprint density at radius 2 is 2.09 bits per heavy atom. The molecule has 0 fully saturated rings. The van der Waals surface area contributed by atoms with Gasteiger partial charge in [0, 0.05) is 22.2 Å². The summed E-state index contributed by atoms with van der Waals surface area (Å²) < 4.78 is 31.9. The van der Waals surface area contributed by atoms with Crippen LogP contribution in [0.5, 0.6) is 0 Å². The summed E-state index contributed by atoms with van der Waals surface area (Å²) in [7, 11) is -3.88. The maximum atomic E-state index is 12.9. The molecular formula is C14H13ClN2O4S. The molecule has 0 saturated heterocycles. The molecule has 1 aromatic carbocycles. The van der Waals surface area contributed by atoms with Gasteiger partial charge >= 0.3 is 0 Å². The van der Waals surface area contributed by atoms with E-state index >= 15 is 0 Å². The summed E-state index contributed by atoms with van der Waals surface area (Å²) in [5.41, 5.74) is 1.21. The third kappa shape index (κ3) is 2.13. The van der Waals surface area contributed by atoms with Crippen LogP contribution < -0.4 is 0 Å². The van der Waals surface area contributed by atoms with Gasteiger partial charge in [0.05, 0.1) is 12.1 Å². The van der Waals surface area contributed by atoms with Gasteiger partial charge in [-0.1, -0.05) is 16.8 Å². The number of rotatable bonds is 3. The molecule has 0 saturated carbocycles. The first-order valence-corrected chi connectivity index (χ1v) is 8.27. The van der Waals surface area contributed by atoms with Crippen molar-refractivity contribution in [3.63, 3.8) is 0 Å². The molecule has 0 radical (unpaired) electrons. The largest absolute Gasteiger partial charge is 0.392 e. The Hall–Kier alpha value is -1.83. The summed E-state index contributed by atoms with van der Waals surface area (Å²) in [6.45, 7) is 2.82. The smallest absolute Gasteiger partial charge is 0.273 e. The third-order valence-corrected chi connectivity index (χ3v) is 5.62. The van der Waals surface area contributed by atoms with Crippen LogP contribution in [-0.2, 0) is 16.6 Å². The van der Waals surface area contributed by atoms with Crippen molar-refractivity contribution in [2.24, 2.45) is 0 Å². The number of hydrogen-bond donors (Lipinski definition) is 1. The van der Waals surface area contributed by atoms with E-state index in [9.17, 15) is 13.5 Å². The first kappa shape index (κ1) is 15.1. The zero-order valence-corrected chi connectivity index (χ0v) is 13.4. The number of benzene rings is 1. The zero-order chi connectivity index (χ0) is 16.1. The van der Waals surface area contributed by atoms with Gasteiger partial charge in [0.25, 0.3) is 10.0 Å². The Labute approximate surface area is 132 Å². The Balaban J connectivity index is 2.35. The summed E-state index contributed by atoms with van der Waals surface area (Å²) in [6, 6.07) is 4.83. The lowest BCUT2D eigenvalue weighted by atomic mass is 10.2. The molecule has 22 heavy (non-hydrogen) atoms. The van der Waals surface area contributed by atoms with E-state index in [1.165, 1.54) is 6.20 Å². The normalized spacial score (nSPS) is 12.2. The number of aliphatic hydroxyl groups is 1. The number of aryl methyl sites for hydroxylation is 2. The van der Waals surface area contributed by atoms with Gasteiger partial charge in [0.15, 0.2) is 10.7 Å². The van der Waals surface area contributed by atoms with E-state index in [2.05, 4.69) is 5.16 Å². The van der Waals surface area contributed by atoms with Gasteiger partial charge in [-0.2, -0.15) is 0 Å². The Morgan fingerprint density at radius 1 is 1.36 bits per heavy atom. The quantitative estimate of drug-likeness (QED) is 0.792. The molecule has 3 aromatic rings. The van der Waals surface area contributed by atoms with Gasteiger partial charge in [0.2, 0.25) is 0 Å². The summed E-state index contributed by atoms with van der Waals surface area (Å²) in [5.74, 6) is 0.221. The summed E-state index contributed by atoms with van der Waals surface area (Å²) >= 11 is 5.96. The molecule has 0 unspecified atom stereocenters. The van der Waals surface area contributed by atoms with E-state index in [0.717, 1.165) is 3.97 Å². The fourth-order valence-corrected chi connectivity index (χ4v) is 4.37. The van der Waals surface area contributed by atoms with Crippen LogP contribution in [0.15, 0.2) is 33.8 Å². The van der Waals surface area contributed by atoms with Gasteiger partial charge in [-0.15, -0.1) is 0 Å². The lowest BCUT2D eigenvalue weighted by Crippen LogP contribution is -2.13. The van der Waals surface area contributed by atoms with E-state index in [1.807, 2.05) is 0 Å². The lowest BCUT2D eigenvalue weighted by Gasteiger charge is -2.06. The minimum atomic E-state index is -3.88. The number of halogens is 1. The Bertz CT molecular complexity index is 953. The van der Waals surface area contributed by atoms with Gasteiger partial charge in [0.1, 0.15) is 5.69 Å². The molecule has 2 heterocycles. The molecule has 2 aromatic heterocycles. The number of aliphatic hydroxyl groups excluding tert-OH is 1. The van der Waals surface area contributed by atoms with Crippen LogP contribution in [0, 0.1) is 13.8 Å². The Kier molecular flexibility index (Phi) is 3.51. The molecule has 0 bridgehead atoms. The first-order chi connectivity index (χ1) is 10.4. The standard InChI is InChI=1S/C14H13ClN2O4S/c1-8-14(9(2)21-16-8)22(19,20)17-6-10(7-18)12-5-11(15)3-4-13(12)17/h3-6,18H,7H2,1-2H3. The second-order valence-electron chi connectivity index (χ2n) is 4.93. The van der Waals surface area contributed by atoms with Crippen molar-refractivity contribution < 1.29 is 18.0 Å². The van der Waals surface area contributed by atoms with Crippen LogP contribution in [0.4, 0.5) is 0 Å². The highest BCUT2D eigenvalue weighted by atomic mass is 35.5. The third-order valence-electron chi connectivity index (χ3n) is 3.47. The van der Waals surface area contributed by atoms with Crippen LogP contribution in [-0.4, -0.2) is 22.7 Å². The lowest BCUT2D eigenvalue weighted by molar-refractivity contribution is 0.283. The van der Waals surface area contributed by atoms with Gasteiger partial charge in [-0.3, -0.25) is 0 Å². The summed E-state index contributed by atoms with van der Waals surface area (Å²) in [5, 5.41) is 14.2. The Morgan fingerprint density at radius 3 is 2.68 bits per heavy atom. The molecule has 1 N–H and O–H groups in total. The maximum Gasteiger partial charge on any atom is 0.273 e. The monoisotopic (exact) mass is 340 g/mol. The van der Waals surface area contributed by atoms with Crippen LogP contribution in [0.3, 0.4) is 0 Å². The molecule has 0 aliphatic rings. The van der Waals surface area contributed by atoms with Crippen molar-refractivity contribution in [3.8, 4) is 0 Å². The zero-order valence-electron chi connectivity index (χ0n) is 11.9. The molecule has 0 spiro atoms. The second-order valence-corrected chi connectivity index (χ2v) is 7.12. The average molecular weight is 341 g/mol. The van der Waals surface area contributed by atoms with Crippen molar-refractivity contribution in [2.45, 2.75) is 25.3 Å². The minimum Gasteiger partial charge on any atom is -0.392 e. The predicted molar refractivity (Wildman–Crippen MR) is 81.4 cm³/mol. The van der Waals surface area contributed by atoms with Gasteiger partial charge in [-0.05, 0) is 32.0 Å². The number of nitrogens with zero attached hydrogens (tertiary/aromatic N) is 2. The van der Waals surface area contributed by atoms with E-state index in [1.54, 1.807) is 32.0 Å². The molecule has 0 amide bonds. The SMILES string of the molecule is Cc1noc(C)c1S(=O)(=O)n1cc(CO)c2cc(Cl)ccc21. The van der Waals surface area contributed by atoms with Gasteiger partial charge in [-0.25, -0.2) is 12.4 Å². The number of aromatic nitrogens is 2. The molecule has 0 aliphatic heterocycles. The molecule has 8 heteroatoms. The highest BCUT2D eigenvalue weighted by Gasteiger charge is 2.28. The molecule has 0 aliphatic carbocycles. The van der Waals surface area contributed by atoms with Crippen molar-refractivity contribution in [1.29, 1.82) is 0 Å². The van der Waals surface area contributed by atoms with Crippen molar-refractivity contribution in [2.75, 3.05) is 0 Å². The van der Waals surface area contributed by atoms with Crippen LogP contribution >= 0.6 is 11.6 Å². The maximum absolute atomic E-state index is 12.9. The second kappa shape index (κ2) is 5.12. The fourth-order valence-electron chi connectivity index (χ4n) is 2.50. The topological polar surface area (TPSA) is 85.3 Å². The molecular weight excluding hydrogens is 328 g/mol. The van der Waals surface area contributed by atoms with Crippen molar-refractivity contribution in [1.82, 2.24) is 9.13 Å². The molecule has 3 rings (SSSR count).